The molecule has 10 heteroatoms. The van der Waals surface area contributed by atoms with Crippen LogP contribution in [0.15, 0.2) is 42.9 Å². The molecular weight excluding hydrogens is 512 g/mol. The minimum atomic E-state index is 0.0324. The van der Waals surface area contributed by atoms with Gasteiger partial charge in [-0.15, -0.1) is 0 Å². The van der Waals surface area contributed by atoms with E-state index in [9.17, 15) is 0 Å². The molecule has 0 spiro atoms. The van der Waals surface area contributed by atoms with Crippen molar-refractivity contribution in [2.24, 2.45) is 0 Å². The number of benzene rings is 1. The first kappa shape index (κ1) is 26.0. The zero-order chi connectivity index (χ0) is 26.8. The lowest BCUT2D eigenvalue weighted by Gasteiger charge is -2.39. The van der Waals surface area contributed by atoms with Gasteiger partial charge in [0.15, 0.2) is 17.0 Å². The molecule has 6 rings (SSSR count). The predicted octanol–water partition coefficient (Wildman–Crippen LogP) is 4.54. The number of aryl methyl sites for hydroxylation is 1. The standard InChI is InChI=1S/C29H35ClN8O/c1-20-6-9-32-21(16-20)18-38-27(35-25-26(33-19-34-28(25)38)36-29(2)7-3-8-29)23-5-4-22(17-24(23)30)39-15-14-37-12-10-31-11-13-37/h4-6,9,16-17,19,31H,3,7-8,10-15,18H2,1-2H3,(H,33,34,36). The number of ether oxygens (including phenoxy) is 1. The molecule has 0 radical (unpaired) electrons. The van der Waals surface area contributed by atoms with Gasteiger partial charge in [-0.2, -0.15) is 0 Å². The van der Waals surface area contributed by atoms with Crippen LogP contribution in [-0.4, -0.2) is 74.3 Å². The molecule has 2 N–H and O–H groups in total. The van der Waals surface area contributed by atoms with Gasteiger partial charge in [-0.25, -0.2) is 15.0 Å². The topological polar surface area (TPSA) is 93.0 Å². The number of halogens is 1. The monoisotopic (exact) mass is 546 g/mol. The number of fused-ring (bicyclic) bond motifs is 1. The molecule has 1 saturated heterocycles. The summed E-state index contributed by atoms with van der Waals surface area (Å²) >= 11 is 6.88. The van der Waals surface area contributed by atoms with Crippen molar-refractivity contribution in [2.45, 2.75) is 45.2 Å². The highest BCUT2D eigenvalue weighted by atomic mass is 35.5. The van der Waals surface area contributed by atoms with Crippen LogP contribution in [0.3, 0.4) is 0 Å². The summed E-state index contributed by atoms with van der Waals surface area (Å²) in [6, 6.07) is 9.91. The van der Waals surface area contributed by atoms with E-state index in [4.69, 9.17) is 21.3 Å². The van der Waals surface area contributed by atoms with Crippen LogP contribution in [0, 0.1) is 6.92 Å². The largest absolute Gasteiger partial charge is 0.492 e. The van der Waals surface area contributed by atoms with E-state index >= 15 is 0 Å². The Morgan fingerprint density at radius 1 is 1.10 bits per heavy atom. The highest BCUT2D eigenvalue weighted by molar-refractivity contribution is 6.33. The van der Waals surface area contributed by atoms with E-state index < -0.39 is 0 Å². The summed E-state index contributed by atoms with van der Waals surface area (Å²) in [4.78, 5) is 21.3. The second-order valence-electron chi connectivity index (χ2n) is 10.9. The van der Waals surface area contributed by atoms with E-state index in [0.717, 1.165) is 90.9 Å². The van der Waals surface area contributed by atoms with Gasteiger partial charge in [0.1, 0.15) is 24.5 Å². The summed E-state index contributed by atoms with van der Waals surface area (Å²) in [6.07, 6.45) is 6.88. The molecule has 1 aromatic carbocycles. The summed E-state index contributed by atoms with van der Waals surface area (Å²) in [6.45, 7) is 10.5. The number of nitrogens with one attached hydrogen (secondary N) is 2. The Hall–Kier alpha value is -3.27. The Kier molecular flexibility index (Phi) is 7.38. The van der Waals surface area contributed by atoms with E-state index in [1.165, 1.54) is 6.42 Å². The van der Waals surface area contributed by atoms with Crippen LogP contribution in [-0.2, 0) is 6.54 Å². The van der Waals surface area contributed by atoms with Crippen LogP contribution < -0.4 is 15.4 Å². The first-order chi connectivity index (χ1) is 19.0. The molecule has 1 saturated carbocycles. The Bertz CT molecular complexity index is 1460. The number of rotatable bonds is 9. The Morgan fingerprint density at radius 3 is 2.69 bits per heavy atom. The van der Waals surface area contributed by atoms with Crippen molar-refractivity contribution in [3.8, 4) is 17.1 Å². The van der Waals surface area contributed by atoms with Crippen molar-refractivity contribution in [2.75, 3.05) is 44.6 Å². The molecule has 0 unspecified atom stereocenters. The van der Waals surface area contributed by atoms with Crippen molar-refractivity contribution in [1.82, 2.24) is 34.7 Å². The summed E-state index contributed by atoms with van der Waals surface area (Å²) in [7, 11) is 0. The molecule has 9 nitrogen and oxygen atoms in total. The van der Waals surface area contributed by atoms with Crippen LogP contribution in [0.4, 0.5) is 5.82 Å². The SMILES string of the molecule is Cc1ccnc(Cn2c(-c3ccc(OCCN4CCNCC4)cc3Cl)nc3c(NC4(C)CCC4)ncnc32)c1. The molecule has 39 heavy (non-hydrogen) atoms. The van der Waals surface area contributed by atoms with Crippen LogP contribution in [0.5, 0.6) is 5.75 Å². The number of hydrogen-bond donors (Lipinski definition) is 2. The maximum absolute atomic E-state index is 6.88. The molecule has 1 aliphatic heterocycles. The van der Waals surface area contributed by atoms with Gasteiger partial charge in [-0.05, 0) is 69.0 Å². The number of aromatic nitrogens is 5. The van der Waals surface area contributed by atoms with Crippen LogP contribution in [0.2, 0.25) is 5.02 Å². The Balaban J connectivity index is 1.32. The number of nitrogens with zero attached hydrogens (tertiary/aromatic N) is 6. The van der Waals surface area contributed by atoms with Gasteiger partial charge in [-0.3, -0.25) is 9.88 Å². The van der Waals surface area contributed by atoms with Crippen LogP contribution in [0.25, 0.3) is 22.6 Å². The first-order valence-electron chi connectivity index (χ1n) is 13.7. The zero-order valence-corrected chi connectivity index (χ0v) is 23.3. The maximum atomic E-state index is 6.88. The molecule has 0 bridgehead atoms. The van der Waals surface area contributed by atoms with Gasteiger partial charge < -0.3 is 19.9 Å². The van der Waals surface area contributed by atoms with Crippen molar-refractivity contribution >= 4 is 28.6 Å². The first-order valence-corrected chi connectivity index (χ1v) is 14.1. The molecule has 0 amide bonds. The van der Waals surface area contributed by atoms with E-state index in [2.05, 4.69) is 55.0 Å². The Labute approximate surface area is 234 Å². The second-order valence-corrected chi connectivity index (χ2v) is 11.3. The fraction of sp³-hybridized carbons (Fsp3) is 0.448. The summed E-state index contributed by atoms with van der Waals surface area (Å²) < 4.78 is 8.14. The van der Waals surface area contributed by atoms with Gasteiger partial charge in [0, 0.05) is 50.0 Å². The predicted molar refractivity (Wildman–Crippen MR) is 155 cm³/mol. The molecule has 1 aliphatic carbocycles. The summed E-state index contributed by atoms with van der Waals surface area (Å²) in [5.41, 5.74) is 4.42. The fourth-order valence-corrected chi connectivity index (χ4v) is 5.60. The molecule has 4 heterocycles. The van der Waals surface area contributed by atoms with Crippen molar-refractivity contribution in [1.29, 1.82) is 0 Å². The third-order valence-corrected chi connectivity index (χ3v) is 8.08. The fourth-order valence-electron chi connectivity index (χ4n) is 5.34. The van der Waals surface area contributed by atoms with Crippen LogP contribution >= 0.6 is 11.6 Å². The third-order valence-electron chi connectivity index (χ3n) is 7.77. The van der Waals surface area contributed by atoms with Gasteiger partial charge >= 0.3 is 0 Å². The quantitative estimate of drug-likeness (QED) is 0.316. The molecular formula is C29H35ClN8O. The number of pyridine rings is 1. The average Bonchev–Trinajstić information content (AvgIpc) is 3.27. The number of piperazine rings is 1. The van der Waals surface area contributed by atoms with Crippen LogP contribution in [0.1, 0.15) is 37.4 Å². The molecule has 4 aromatic rings. The van der Waals surface area contributed by atoms with Crippen molar-refractivity contribution in [3.63, 3.8) is 0 Å². The molecule has 3 aromatic heterocycles. The highest BCUT2D eigenvalue weighted by Gasteiger charge is 2.33. The smallest absolute Gasteiger partial charge is 0.166 e. The summed E-state index contributed by atoms with van der Waals surface area (Å²) in [5.74, 6) is 2.23. The molecule has 0 atom stereocenters. The lowest BCUT2D eigenvalue weighted by molar-refractivity contribution is 0.191. The minimum absolute atomic E-state index is 0.0324. The number of hydrogen-bond acceptors (Lipinski definition) is 8. The van der Waals surface area contributed by atoms with Gasteiger partial charge in [0.2, 0.25) is 0 Å². The second kappa shape index (κ2) is 11.1. The lowest BCUT2D eigenvalue weighted by Crippen LogP contribution is -2.44. The number of imidazole rings is 1. The van der Waals surface area contributed by atoms with E-state index in [-0.39, 0.29) is 5.54 Å². The lowest BCUT2D eigenvalue weighted by atomic mass is 9.78. The molecule has 204 valence electrons. The minimum Gasteiger partial charge on any atom is -0.492 e. The molecule has 2 fully saturated rings. The highest BCUT2D eigenvalue weighted by Crippen LogP contribution is 2.38. The van der Waals surface area contributed by atoms with Gasteiger partial charge in [0.25, 0.3) is 0 Å². The normalized spacial score (nSPS) is 17.2. The van der Waals surface area contributed by atoms with Crippen molar-refractivity contribution < 1.29 is 4.74 Å². The summed E-state index contributed by atoms with van der Waals surface area (Å²) in [5, 5.41) is 7.59. The Morgan fingerprint density at radius 2 is 1.95 bits per heavy atom. The van der Waals surface area contributed by atoms with E-state index in [1.54, 1.807) is 6.33 Å². The van der Waals surface area contributed by atoms with E-state index in [0.29, 0.717) is 18.2 Å². The maximum Gasteiger partial charge on any atom is 0.166 e. The average molecular weight is 547 g/mol. The number of anilines is 1. The third kappa shape index (κ3) is 5.71. The van der Waals surface area contributed by atoms with Gasteiger partial charge in [-0.1, -0.05) is 11.6 Å². The van der Waals surface area contributed by atoms with Crippen molar-refractivity contribution in [3.05, 3.63) is 59.1 Å². The molecule has 2 aliphatic rings. The van der Waals surface area contributed by atoms with Gasteiger partial charge in [0.05, 0.1) is 17.3 Å². The van der Waals surface area contributed by atoms with E-state index in [1.807, 2.05) is 30.5 Å². The zero-order valence-electron chi connectivity index (χ0n) is 22.6.